The van der Waals surface area contributed by atoms with Gasteiger partial charge in [0, 0.05) is 31.4 Å². The summed E-state index contributed by atoms with van der Waals surface area (Å²) >= 11 is 13.2. The molecule has 0 spiro atoms. The number of aliphatic hydroxyl groups excluding tert-OH is 1. The standard InChI is InChI=1S/C15H11Cl2NO2S/c16-12-5-11(6-13(17)7-12)15(20)18-8-14-4-10(9-21-14)2-1-3-19/h4-7,9,19H,3,8H2,(H,18,20). The smallest absolute Gasteiger partial charge is 0.251 e. The van der Waals surface area contributed by atoms with Gasteiger partial charge in [0.15, 0.2) is 0 Å². The van der Waals surface area contributed by atoms with Gasteiger partial charge in [0.1, 0.15) is 6.61 Å². The number of halogens is 2. The van der Waals surface area contributed by atoms with Gasteiger partial charge in [-0.05, 0) is 24.3 Å². The van der Waals surface area contributed by atoms with Crippen LogP contribution >= 0.6 is 34.5 Å². The summed E-state index contributed by atoms with van der Waals surface area (Å²) in [5.74, 6) is 5.15. The first-order valence-electron chi connectivity index (χ1n) is 6.00. The highest BCUT2D eigenvalue weighted by Gasteiger charge is 2.08. The summed E-state index contributed by atoms with van der Waals surface area (Å²) in [5.41, 5.74) is 1.24. The maximum absolute atomic E-state index is 12.0. The second kappa shape index (κ2) is 7.48. The second-order valence-electron chi connectivity index (χ2n) is 4.10. The van der Waals surface area contributed by atoms with Crippen molar-refractivity contribution in [3.05, 3.63) is 55.7 Å². The first kappa shape index (κ1) is 15.9. The molecule has 2 aromatic rings. The molecule has 1 aromatic heterocycles. The van der Waals surface area contributed by atoms with Gasteiger partial charge >= 0.3 is 0 Å². The zero-order chi connectivity index (χ0) is 15.2. The number of carbonyl (C=O) groups excluding carboxylic acids is 1. The van der Waals surface area contributed by atoms with Gasteiger partial charge in [-0.25, -0.2) is 0 Å². The lowest BCUT2D eigenvalue weighted by Gasteiger charge is -2.04. The Balaban J connectivity index is 1.99. The minimum absolute atomic E-state index is 0.169. The zero-order valence-electron chi connectivity index (χ0n) is 10.8. The molecule has 0 aliphatic heterocycles. The molecule has 0 unspecified atom stereocenters. The van der Waals surface area contributed by atoms with E-state index in [1.54, 1.807) is 18.2 Å². The van der Waals surface area contributed by atoms with Crippen LogP contribution in [0.5, 0.6) is 0 Å². The first-order valence-corrected chi connectivity index (χ1v) is 7.63. The van der Waals surface area contributed by atoms with Gasteiger partial charge in [-0.15, -0.1) is 11.3 Å². The summed E-state index contributed by atoms with van der Waals surface area (Å²) < 4.78 is 0. The van der Waals surface area contributed by atoms with Gasteiger partial charge in [-0.3, -0.25) is 4.79 Å². The fourth-order valence-electron chi connectivity index (χ4n) is 1.63. The third kappa shape index (κ3) is 4.76. The molecule has 0 bridgehead atoms. The fraction of sp³-hybridized carbons (Fsp3) is 0.133. The van der Waals surface area contributed by atoms with Gasteiger partial charge in [0.25, 0.3) is 5.91 Å². The van der Waals surface area contributed by atoms with Crippen molar-refractivity contribution in [2.24, 2.45) is 0 Å². The predicted molar refractivity (Wildman–Crippen MR) is 85.9 cm³/mol. The molecule has 0 aliphatic rings. The summed E-state index contributed by atoms with van der Waals surface area (Å²) in [6.07, 6.45) is 0. The number of hydrogen-bond donors (Lipinski definition) is 2. The van der Waals surface area contributed by atoms with E-state index in [0.29, 0.717) is 22.2 Å². The number of rotatable bonds is 3. The first-order chi connectivity index (χ1) is 10.1. The van der Waals surface area contributed by atoms with E-state index >= 15 is 0 Å². The van der Waals surface area contributed by atoms with Crippen molar-refractivity contribution in [2.75, 3.05) is 6.61 Å². The van der Waals surface area contributed by atoms with E-state index in [2.05, 4.69) is 17.2 Å². The van der Waals surface area contributed by atoms with Crippen molar-refractivity contribution in [1.82, 2.24) is 5.32 Å². The van der Waals surface area contributed by atoms with Crippen LogP contribution in [0.3, 0.4) is 0 Å². The Kier molecular flexibility index (Phi) is 5.66. The molecule has 6 heteroatoms. The molecule has 1 heterocycles. The van der Waals surface area contributed by atoms with Gasteiger partial charge in [-0.2, -0.15) is 0 Å². The molecule has 108 valence electrons. The van der Waals surface area contributed by atoms with Gasteiger partial charge in [0.2, 0.25) is 0 Å². The van der Waals surface area contributed by atoms with Crippen LogP contribution in [0.15, 0.2) is 29.6 Å². The van der Waals surface area contributed by atoms with E-state index in [0.717, 1.165) is 10.4 Å². The van der Waals surface area contributed by atoms with E-state index in [1.807, 2.05) is 11.4 Å². The van der Waals surface area contributed by atoms with Crippen LogP contribution in [0.2, 0.25) is 10.0 Å². The SMILES string of the molecule is O=C(NCc1cc(C#CCO)cs1)c1cc(Cl)cc(Cl)c1. The van der Waals surface area contributed by atoms with Crippen molar-refractivity contribution in [1.29, 1.82) is 0 Å². The van der Waals surface area contributed by atoms with Crippen molar-refractivity contribution < 1.29 is 9.90 Å². The molecule has 0 radical (unpaired) electrons. The van der Waals surface area contributed by atoms with E-state index in [9.17, 15) is 4.79 Å². The predicted octanol–water partition coefficient (Wildman–Crippen LogP) is 3.33. The average molecular weight is 340 g/mol. The number of aliphatic hydroxyl groups is 1. The van der Waals surface area contributed by atoms with E-state index in [-0.39, 0.29) is 12.5 Å². The van der Waals surface area contributed by atoms with Crippen LogP contribution in [0.1, 0.15) is 20.8 Å². The van der Waals surface area contributed by atoms with Crippen molar-refractivity contribution in [2.45, 2.75) is 6.54 Å². The Morgan fingerprint density at radius 2 is 1.95 bits per heavy atom. The van der Waals surface area contributed by atoms with Crippen LogP contribution in [0.25, 0.3) is 0 Å². The molecule has 1 amide bonds. The highest BCUT2D eigenvalue weighted by atomic mass is 35.5. The number of carbonyl (C=O) groups is 1. The monoisotopic (exact) mass is 339 g/mol. The Bertz CT molecular complexity index is 696. The summed E-state index contributed by atoms with van der Waals surface area (Å²) in [6.45, 7) is 0.228. The van der Waals surface area contributed by atoms with Crippen LogP contribution in [0, 0.1) is 11.8 Å². The molecule has 0 atom stereocenters. The topological polar surface area (TPSA) is 49.3 Å². The molecule has 0 saturated carbocycles. The number of amides is 1. The highest BCUT2D eigenvalue weighted by Crippen LogP contribution is 2.19. The lowest BCUT2D eigenvalue weighted by molar-refractivity contribution is 0.0951. The maximum Gasteiger partial charge on any atom is 0.251 e. The average Bonchev–Trinajstić information content (AvgIpc) is 2.89. The van der Waals surface area contributed by atoms with E-state index in [1.165, 1.54) is 11.3 Å². The van der Waals surface area contributed by atoms with Crippen LogP contribution in [-0.2, 0) is 6.54 Å². The lowest BCUT2D eigenvalue weighted by atomic mass is 10.2. The molecule has 2 rings (SSSR count). The van der Waals surface area contributed by atoms with Gasteiger partial charge in [0.05, 0.1) is 6.54 Å². The Labute approximate surface area is 136 Å². The molecule has 0 fully saturated rings. The maximum atomic E-state index is 12.0. The minimum Gasteiger partial charge on any atom is -0.384 e. The number of thiophene rings is 1. The molecule has 0 saturated heterocycles. The van der Waals surface area contributed by atoms with Crippen LogP contribution < -0.4 is 5.32 Å². The van der Waals surface area contributed by atoms with E-state index in [4.69, 9.17) is 28.3 Å². The van der Waals surface area contributed by atoms with Gasteiger partial charge in [-0.1, -0.05) is 35.0 Å². The molecule has 3 nitrogen and oxygen atoms in total. The minimum atomic E-state index is -0.240. The van der Waals surface area contributed by atoms with Crippen molar-refractivity contribution >= 4 is 40.4 Å². The number of hydrogen-bond acceptors (Lipinski definition) is 3. The largest absolute Gasteiger partial charge is 0.384 e. The summed E-state index contributed by atoms with van der Waals surface area (Å²) in [6, 6.07) is 6.58. The Hall–Kier alpha value is -1.51. The fourth-order valence-corrected chi connectivity index (χ4v) is 2.92. The molecule has 2 N–H and O–H groups in total. The molecular formula is C15H11Cl2NO2S. The molecule has 21 heavy (non-hydrogen) atoms. The number of nitrogens with one attached hydrogen (secondary N) is 1. The molecule has 0 aliphatic carbocycles. The van der Waals surface area contributed by atoms with E-state index < -0.39 is 0 Å². The van der Waals surface area contributed by atoms with Crippen LogP contribution in [0.4, 0.5) is 0 Å². The highest BCUT2D eigenvalue weighted by molar-refractivity contribution is 7.10. The third-order valence-corrected chi connectivity index (χ3v) is 3.89. The lowest BCUT2D eigenvalue weighted by Crippen LogP contribution is -2.22. The van der Waals surface area contributed by atoms with Crippen LogP contribution in [-0.4, -0.2) is 17.6 Å². The number of benzene rings is 1. The quantitative estimate of drug-likeness (QED) is 0.842. The Morgan fingerprint density at radius 3 is 2.62 bits per heavy atom. The normalized spacial score (nSPS) is 9.86. The molecular weight excluding hydrogens is 329 g/mol. The summed E-state index contributed by atoms with van der Waals surface area (Å²) in [5, 5.41) is 14.1. The van der Waals surface area contributed by atoms with Crippen molar-refractivity contribution in [3.63, 3.8) is 0 Å². The van der Waals surface area contributed by atoms with Crippen molar-refractivity contribution in [3.8, 4) is 11.8 Å². The zero-order valence-corrected chi connectivity index (χ0v) is 13.1. The van der Waals surface area contributed by atoms with Gasteiger partial charge < -0.3 is 10.4 Å². The summed E-state index contributed by atoms with van der Waals surface area (Å²) in [4.78, 5) is 13.0. The third-order valence-electron chi connectivity index (χ3n) is 2.51. The molecule has 1 aromatic carbocycles. The Morgan fingerprint density at radius 1 is 1.24 bits per heavy atom. The second-order valence-corrected chi connectivity index (χ2v) is 5.97. The summed E-state index contributed by atoms with van der Waals surface area (Å²) in [7, 11) is 0.